The Morgan fingerprint density at radius 1 is 1.16 bits per heavy atom. The van der Waals surface area contributed by atoms with Crippen LogP contribution in [-0.2, 0) is 16.8 Å². The van der Waals surface area contributed by atoms with Gasteiger partial charge in [-0.1, -0.05) is 6.07 Å². The van der Waals surface area contributed by atoms with Gasteiger partial charge in [-0.2, -0.15) is 0 Å². The summed E-state index contributed by atoms with van der Waals surface area (Å²) in [6.45, 7) is 0.999. The Hall–Kier alpha value is -3.13. The molecule has 1 aliphatic carbocycles. The van der Waals surface area contributed by atoms with Crippen molar-refractivity contribution in [2.24, 2.45) is 0 Å². The molecule has 0 saturated carbocycles. The number of aryl methyl sites for hydroxylation is 1. The van der Waals surface area contributed by atoms with Crippen LogP contribution in [0, 0.1) is 5.82 Å². The van der Waals surface area contributed by atoms with Gasteiger partial charge < -0.3 is 14.8 Å². The van der Waals surface area contributed by atoms with Gasteiger partial charge in [0.15, 0.2) is 0 Å². The number of methoxy groups -OCH3 is 1. The van der Waals surface area contributed by atoms with Gasteiger partial charge in [-0.15, -0.1) is 0 Å². The first-order valence-corrected chi connectivity index (χ1v) is 10.3. The maximum Gasteiger partial charge on any atom is 0.326 e. The number of carbonyl (C=O) groups is 2. The zero-order valence-electron chi connectivity index (χ0n) is 17.7. The zero-order valence-corrected chi connectivity index (χ0v) is 17.7. The van der Waals surface area contributed by atoms with Crippen LogP contribution in [0.2, 0.25) is 0 Å². The van der Waals surface area contributed by atoms with Crippen molar-refractivity contribution in [3.8, 4) is 11.5 Å². The maximum atomic E-state index is 13.4. The predicted molar refractivity (Wildman–Crippen MR) is 112 cm³/mol. The van der Waals surface area contributed by atoms with Crippen LogP contribution in [0.3, 0.4) is 0 Å². The van der Waals surface area contributed by atoms with E-state index in [0.717, 1.165) is 29.7 Å². The Kier molecular flexibility index (Phi) is 5.82. The summed E-state index contributed by atoms with van der Waals surface area (Å²) in [6.07, 6.45) is 2.23. The fourth-order valence-corrected chi connectivity index (χ4v) is 4.27. The smallest absolute Gasteiger partial charge is 0.326 e. The summed E-state index contributed by atoms with van der Waals surface area (Å²) in [5.74, 6) is 0.762. The molecule has 31 heavy (non-hydrogen) atoms. The highest BCUT2D eigenvalue weighted by Gasteiger charge is 2.54. The molecule has 1 saturated heterocycles. The standard InChI is InChI=1S/C23H26FN3O4/c1-26(12-13-31-18-7-5-17(24)6-8-18)15-27-21(28)23(25-22(27)29)11-3-4-16-14-19(30-2)9-10-20(16)23/h5-10,14H,3-4,11-13,15H2,1-2H3,(H,25,29). The molecule has 1 spiro atoms. The SMILES string of the molecule is COc1ccc2c(c1)CCCC21NC(=O)N(CN(C)CCOc2ccc(F)cc2)C1=O. The molecule has 2 aromatic carbocycles. The predicted octanol–water partition coefficient (Wildman–Crippen LogP) is 2.89. The van der Waals surface area contributed by atoms with E-state index in [4.69, 9.17) is 9.47 Å². The van der Waals surface area contributed by atoms with Gasteiger partial charge in [0.05, 0.1) is 13.8 Å². The average Bonchev–Trinajstić information content (AvgIpc) is 2.99. The van der Waals surface area contributed by atoms with Crippen LogP contribution in [0.4, 0.5) is 9.18 Å². The van der Waals surface area contributed by atoms with Crippen molar-refractivity contribution in [1.29, 1.82) is 0 Å². The number of imide groups is 1. The van der Waals surface area contributed by atoms with Crippen LogP contribution < -0.4 is 14.8 Å². The second-order valence-electron chi connectivity index (χ2n) is 7.97. The van der Waals surface area contributed by atoms with Crippen molar-refractivity contribution >= 4 is 11.9 Å². The van der Waals surface area contributed by atoms with Crippen LogP contribution in [0.15, 0.2) is 42.5 Å². The zero-order chi connectivity index (χ0) is 22.0. The topological polar surface area (TPSA) is 71.1 Å². The molecule has 0 aromatic heterocycles. The number of ether oxygens (including phenoxy) is 2. The third-order valence-corrected chi connectivity index (χ3v) is 5.88. The number of rotatable bonds is 7. The third kappa shape index (κ3) is 4.07. The second kappa shape index (κ2) is 8.55. The molecule has 164 valence electrons. The number of hydrogen-bond acceptors (Lipinski definition) is 5. The maximum absolute atomic E-state index is 13.4. The van der Waals surface area contributed by atoms with Crippen LogP contribution in [0.5, 0.6) is 11.5 Å². The first kappa shape index (κ1) is 21.1. The fraction of sp³-hybridized carbons (Fsp3) is 0.391. The molecule has 1 aliphatic heterocycles. The lowest BCUT2D eigenvalue weighted by molar-refractivity contribution is -0.133. The van der Waals surface area contributed by atoms with Crippen LogP contribution in [-0.4, -0.2) is 55.7 Å². The molecule has 2 aliphatic rings. The first-order valence-electron chi connectivity index (χ1n) is 10.3. The molecule has 7 nitrogen and oxygen atoms in total. The average molecular weight is 427 g/mol. The fourth-order valence-electron chi connectivity index (χ4n) is 4.27. The molecule has 3 amide bonds. The van der Waals surface area contributed by atoms with Crippen molar-refractivity contribution in [3.05, 3.63) is 59.4 Å². The number of nitrogens with zero attached hydrogens (tertiary/aromatic N) is 2. The highest BCUT2D eigenvalue weighted by Crippen LogP contribution is 2.41. The molecule has 4 rings (SSSR count). The molecule has 2 aromatic rings. The number of fused-ring (bicyclic) bond motifs is 2. The van der Waals surface area contributed by atoms with Crippen molar-refractivity contribution < 1.29 is 23.5 Å². The molecule has 1 atom stereocenters. The van der Waals surface area contributed by atoms with Crippen molar-refractivity contribution in [1.82, 2.24) is 15.1 Å². The lowest BCUT2D eigenvalue weighted by atomic mass is 9.76. The Labute approximate surface area is 180 Å². The molecule has 1 fully saturated rings. The second-order valence-corrected chi connectivity index (χ2v) is 7.97. The number of nitrogens with one attached hydrogen (secondary N) is 1. The van der Waals surface area contributed by atoms with Gasteiger partial charge in [0.2, 0.25) is 0 Å². The number of carbonyl (C=O) groups excluding carboxylic acids is 2. The lowest BCUT2D eigenvalue weighted by Crippen LogP contribution is -2.47. The van der Waals surface area contributed by atoms with E-state index in [1.54, 1.807) is 19.2 Å². The number of likely N-dealkylation sites (N-methyl/N-ethyl adjacent to an activating group) is 1. The Morgan fingerprint density at radius 2 is 1.90 bits per heavy atom. The number of urea groups is 1. The largest absolute Gasteiger partial charge is 0.497 e. The first-order chi connectivity index (χ1) is 14.9. The lowest BCUT2D eigenvalue weighted by Gasteiger charge is -2.33. The minimum absolute atomic E-state index is 0.157. The number of benzene rings is 2. The number of hydrogen-bond donors (Lipinski definition) is 1. The van der Waals surface area contributed by atoms with Crippen LogP contribution >= 0.6 is 0 Å². The van der Waals surface area contributed by atoms with Crippen LogP contribution in [0.1, 0.15) is 24.0 Å². The number of halogens is 1. The Morgan fingerprint density at radius 3 is 2.65 bits per heavy atom. The molecule has 1 unspecified atom stereocenters. The highest BCUT2D eigenvalue weighted by molar-refractivity contribution is 6.07. The van der Waals surface area contributed by atoms with E-state index >= 15 is 0 Å². The summed E-state index contributed by atoms with van der Waals surface area (Å²) in [5.41, 5.74) is 0.868. The van der Waals surface area contributed by atoms with Gasteiger partial charge in [-0.3, -0.25) is 9.69 Å². The van der Waals surface area contributed by atoms with E-state index in [1.165, 1.54) is 17.0 Å². The van der Waals surface area contributed by atoms with E-state index in [1.807, 2.05) is 30.1 Å². The molecule has 1 N–H and O–H groups in total. The molecule has 8 heteroatoms. The van der Waals surface area contributed by atoms with E-state index in [9.17, 15) is 14.0 Å². The minimum Gasteiger partial charge on any atom is -0.497 e. The van der Waals surface area contributed by atoms with Crippen molar-refractivity contribution in [2.45, 2.75) is 24.8 Å². The summed E-state index contributed by atoms with van der Waals surface area (Å²) in [7, 11) is 3.43. The molecular weight excluding hydrogens is 401 g/mol. The molecule has 1 heterocycles. The number of amides is 3. The van der Waals surface area contributed by atoms with E-state index < -0.39 is 5.54 Å². The van der Waals surface area contributed by atoms with E-state index in [0.29, 0.717) is 25.3 Å². The molecule has 0 radical (unpaired) electrons. The van der Waals surface area contributed by atoms with E-state index in [-0.39, 0.29) is 24.4 Å². The summed E-state index contributed by atoms with van der Waals surface area (Å²) in [6, 6.07) is 11.1. The van der Waals surface area contributed by atoms with Crippen LogP contribution in [0.25, 0.3) is 0 Å². The van der Waals surface area contributed by atoms with Gasteiger partial charge in [0.1, 0.15) is 29.5 Å². The third-order valence-electron chi connectivity index (χ3n) is 5.88. The van der Waals surface area contributed by atoms with Crippen molar-refractivity contribution in [3.63, 3.8) is 0 Å². The van der Waals surface area contributed by atoms with Gasteiger partial charge >= 0.3 is 6.03 Å². The van der Waals surface area contributed by atoms with Gasteiger partial charge in [-0.25, -0.2) is 14.1 Å². The molecular formula is C23H26FN3O4. The van der Waals surface area contributed by atoms with Gasteiger partial charge in [0.25, 0.3) is 5.91 Å². The summed E-state index contributed by atoms with van der Waals surface area (Å²) in [4.78, 5) is 29.2. The summed E-state index contributed by atoms with van der Waals surface area (Å²) < 4.78 is 23.9. The molecule has 0 bridgehead atoms. The van der Waals surface area contributed by atoms with Gasteiger partial charge in [0, 0.05) is 6.54 Å². The van der Waals surface area contributed by atoms with Gasteiger partial charge in [-0.05, 0) is 73.8 Å². The summed E-state index contributed by atoms with van der Waals surface area (Å²) >= 11 is 0. The Bertz CT molecular complexity index is 981. The highest BCUT2D eigenvalue weighted by atomic mass is 19.1. The van der Waals surface area contributed by atoms with E-state index in [2.05, 4.69) is 5.32 Å². The normalized spacial score (nSPS) is 20.2. The monoisotopic (exact) mass is 427 g/mol. The summed E-state index contributed by atoms with van der Waals surface area (Å²) in [5, 5.41) is 2.96. The Balaban J connectivity index is 1.41. The minimum atomic E-state index is -1.01. The van der Waals surface area contributed by atoms with Crippen molar-refractivity contribution in [2.75, 3.05) is 34.0 Å². The quantitative estimate of drug-likeness (QED) is 0.688.